The maximum Gasteiger partial charge on any atom is 0.142 e. The van der Waals surface area contributed by atoms with E-state index in [0.29, 0.717) is 0 Å². The van der Waals surface area contributed by atoms with Crippen molar-refractivity contribution in [3.8, 4) is 5.75 Å². The molecule has 18 heavy (non-hydrogen) atoms. The van der Waals surface area contributed by atoms with Gasteiger partial charge in [0.1, 0.15) is 5.75 Å². The summed E-state index contributed by atoms with van der Waals surface area (Å²) in [7, 11) is 3.75. The Morgan fingerprint density at radius 1 is 1.00 bits per heavy atom. The third-order valence-electron chi connectivity index (χ3n) is 2.94. The Morgan fingerprint density at radius 3 is 2.28 bits per heavy atom. The smallest absolute Gasteiger partial charge is 0.142 e. The summed E-state index contributed by atoms with van der Waals surface area (Å²) in [6, 6.07) is 16.4. The molecule has 0 amide bonds. The Morgan fingerprint density at radius 2 is 1.61 bits per heavy atom. The van der Waals surface area contributed by atoms with Gasteiger partial charge in [0.2, 0.25) is 0 Å². The molecule has 3 heteroatoms. The van der Waals surface area contributed by atoms with Crippen molar-refractivity contribution in [3.63, 3.8) is 0 Å². The van der Waals surface area contributed by atoms with Crippen LogP contribution >= 0.6 is 15.9 Å². The lowest BCUT2D eigenvalue weighted by atomic mass is 10.1. The number of hydrogen-bond acceptors (Lipinski definition) is 2. The molecular weight excluding hydrogens is 290 g/mol. The van der Waals surface area contributed by atoms with E-state index in [0.717, 1.165) is 16.8 Å². The number of para-hydroxylation sites is 3. The van der Waals surface area contributed by atoms with Crippen molar-refractivity contribution in [2.75, 3.05) is 19.1 Å². The van der Waals surface area contributed by atoms with Gasteiger partial charge in [-0.2, -0.15) is 0 Å². The minimum atomic E-state index is 0.836. The maximum absolute atomic E-state index is 5.41. The molecule has 2 aromatic carbocycles. The first-order valence-corrected chi connectivity index (χ1v) is 6.90. The van der Waals surface area contributed by atoms with Crippen LogP contribution in [0.1, 0.15) is 5.56 Å². The maximum atomic E-state index is 5.41. The number of anilines is 2. The van der Waals surface area contributed by atoms with E-state index in [9.17, 15) is 0 Å². The molecule has 0 saturated heterocycles. The fourth-order valence-corrected chi connectivity index (χ4v) is 2.46. The zero-order chi connectivity index (χ0) is 13.0. The Balaban J connectivity index is 2.44. The van der Waals surface area contributed by atoms with E-state index in [1.807, 2.05) is 24.3 Å². The van der Waals surface area contributed by atoms with Crippen LogP contribution in [0.4, 0.5) is 11.4 Å². The molecule has 0 radical (unpaired) electrons. The van der Waals surface area contributed by atoms with Crippen LogP contribution in [0.25, 0.3) is 0 Å². The van der Waals surface area contributed by atoms with Crippen LogP contribution in [0.15, 0.2) is 48.5 Å². The number of rotatable bonds is 4. The van der Waals surface area contributed by atoms with Gasteiger partial charge in [-0.05, 0) is 23.8 Å². The second kappa shape index (κ2) is 5.91. The molecule has 0 heterocycles. The van der Waals surface area contributed by atoms with Crippen molar-refractivity contribution < 1.29 is 4.74 Å². The molecule has 2 aromatic rings. The Bertz CT molecular complexity index is 480. The van der Waals surface area contributed by atoms with E-state index in [4.69, 9.17) is 4.74 Å². The molecule has 0 aliphatic heterocycles. The zero-order valence-electron chi connectivity index (χ0n) is 10.6. The standard InChI is InChI=1S/C15H16BrNO/c1-17(13-8-4-3-7-12(13)11-16)14-9-5-6-10-15(14)18-2/h3-10H,11H2,1-2H3. The first-order chi connectivity index (χ1) is 8.77. The topological polar surface area (TPSA) is 12.5 Å². The molecule has 0 fully saturated rings. The van der Waals surface area contributed by atoms with Crippen LogP contribution in [0.3, 0.4) is 0 Å². The predicted octanol–water partition coefficient (Wildman–Crippen LogP) is 4.36. The highest BCUT2D eigenvalue weighted by atomic mass is 79.9. The van der Waals surface area contributed by atoms with E-state index < -0.39 is 0 Å². The third kappa shape index (κ3) is 2.51. The number of halogens is 1. The summed E-state index contributed by atoms with van der Waals surface area (Å²) in [5.74, 6) is 0.879. The minimum absolute atomic E-state index is 0.836. The highest BCUT2D eigenvalue weighted by Crippen LogP contribution is 2.34. The largest absolute Gasteiger partial charge is 0.495 e. The molecule has 2 rings (SSSR count). The quantitative estimate of drug-likeness (QED) is 0.778. The van der Waals surface area contributed by atoms with Gasteiger partial charge in [0.05, 0.1) is 12.8 Å². The number of nitrogens with zero attached hydrogens (tertiary/aromatic N) is 1. The van der Waals surface area contributed by atoms with E-state index in [1.54, 1.807) is 7.11 Å². The SMILES string of the molecule is COc1ccccc1N(C)c1ccccc1CBr. The summed E-state index contributed by atoms with van der Waals surface area (Å²) in [5.41, 5.74) is 3.50. The molecule has 0 aromatic heterocycles. The fraction of sp³-hybridized carbons (Fsp3) is 0.200. The average molecular weight is 306 g/mol. The first-order valence-electron chi connectivity index (χ1n) is 5.78. The number of hydrogen-bond donors (Lipinski definition) is 0. The van der Waals surface area contributed by atoms with Crippen LogP contribution in [0.2, 0.25) is 0 Å². The molecule has 0 aliphatic carbocycles. The van der Waals surface area contributed by atoms with Crippen LogP contribution in [0.5, 0.6) is 5.75 Å². The highest BCUT2D eigenvalue weighted by molar-refractivity contribution is 9.08. The zero-order valence-corrected chi connectivity index (χ0v) is 12.1. The van der Waals surface area contributed by atoms with Crippen molar-refractivity contribution in [3.05, 3.63) is 54.1 Å². The van der Waals surface area contributed by atoms with Crippen LogP contribution in [-0.4, -0.2) is 14.2 Å². The fourth-order valence-electron chi connectivity index (χ4n) is 1.99. The summed E-state index contributed by atoms with van der Waals surface area (Å²) in [4.78, 5) is 2.15. The summed E-state index contributed by atoms with van der Waals surface area (Å²) >= 11 is 3.53. The minimum Gasteiger partial charge on any atom is -0.495 e. The van der Waals surface area contributed by atoms with Crippen molar-refractivity contribution in [1.82, 2.24) is 0 Å². The summed E-state index contributed by atoms with van der Waals surface area (Å²) < 4.78 is 5.41. The lowest BCUT2D eigenvalue weighted by Crippen LogP contribution is -2.12. The molecule has 0 saturated carbocycles. The predicted molar refractivity (Wildman–Crippen MR) is 80.1 cm³/mol. The number of methoxy groups -OCH3 is 1. The second-order valence-corrected chi connectivity index (χ2v) is 4.55. The molecule has 0 N–H and O–H groups in total. The van der Waals surface area contributed by atoms with Gasteiger partial charge in [-0.3, -0.25) is 0 Å². The monoisotopic (exact) mass is 305 g/mol. The number of ether oxygens (including phenoxy) is 1. The molecule has 0 aliphatic rings. The highest BCUT2D eigenvalue weighted by Gasteiger charge is 2.11. The van der Waals surface area contributed by atoms with Gasteiger partial charge in [-0.15, -0.1) is 0 Å². The van der Waals surface area contributed by atoms with Gasteiger partial charge in [-0.1, -0.05) is 46.3 Å². The molecule has 0 unspecified atom stereocenters. The van der Waals surface area contributed by atoms with Crippen LogP contribution in [0, 0.1) is 0 Å². The summed E-state index contributed by atoms with van der Waals surface area (Å²) in [6.45, 7) is 0. The molecule has 0 atom stereocenters. The Kier molecular flexibility index (Phi) is 4.26. The molecular formula is C15H16BrNO. The van der Waals surface area contributed by atoms with E-state index in [1.165, 1.54) is 11.3 Å². The van der Waals surface area contributed by atoms with Crippen molar-refractivity contribution in [2.24, 2.45) is 0 Å². The van der Waals surface area contributed by atoms with E-state index in [-0.39, 0.29) is 0 Å². The van der Waals surface area contributed by atoms with Gasteiger partial charge >= 0.3 is 0 Å². The lowest BCUT2D eigenvalue weighted by Gasteiger charge is -2.23. The van der Waals surface area contributed by atoms with Gasteiger partial charge in [0.25, 0.3) is 0 Å². The molecule has 0 spiro atoms. The van der Waals surface area contributed by atoms with E-state index in [2.05, 4.69) is 52.1 Å². The second-order valence-electron chi connectivity index (χ2n) is 3.99. The van der Waals surface area contributed by atoms with Gasteiger partial charge in [0.15, 0.2) is 0 Å². The molecule has 0 bridgehead atoms. The van der Waals surface area contributed by atoms with Gasteiger partial charge in [0, 0.05) is 18.1 Å². The average Bonchev–Trinajstić information content (AvgIpc) is 2.46. The Labute approximate surface area is 116 Å². The van der Waals surface area contributed by atoms with Gasteiger partial charge in [-0.25, -0.2) is 0 Å². The molecule has 94 valence electrons. The molecule has 2 nitrogen and oxygen atoms in total. The Hall–Kier alpha value is -1.48. The van der Waals surface area contributed by atoms with E-state index >= 15 is 0 Å². The number of alkyl halides is 1. The normalized spacial score (nSPS) is 10.2. The van der Waals surface area contributed by atoms with Crippen molar-refractivity contribution >= 4 is 27.3 Å². The third-order valence-corrected chi connectivity index (χ3v) is 3.55. The first kappa shape index (κ1) is 13.0. The van der Waals surface area contributed by atoms with Crippen LogP contribution < -0.4 is 9.64 Å². The lowest BCUT2D eigenvalue weighted by molar-refractivity contribution is 0.415. The van der Waals surface area contributed by atoms with Crippen LogP contribution in [-0.2, 0) is 5.33 Å². The van der Waals surface area contributed by atoms with Gasteiger partial charge < -0.3 is 9.64 Å². The van der Waals surface area contributed by atoms with Crippen molar-refractivity contribution in [2.45, 2.75) is 5.33 Å². The summed E-state index contributed by atoms with van der Waals surface area (Å²) in [5, 5.41) is 0.836. The number of benzene rings is 2. The summed E-state index contributed by atoms with van der Waals surface area (Å²) in [6.07, 6.45) is 0. The van der Waals surface area contributed by atoms with Crippen molar-refractivity contribution in [1.29, 1.82) is 0 Å².